The Morgan fingerprint density at radius 1 is 1.67 bits per heavy atom. The van der Waals surface area contributed by atoms with Gasteiger partial charge in [0.25, 0.3) is 0 Å². The summed E-state index contributed by atoms with van der Waals surface area (Å²) in [5, 5.41) is 2.97. The van der Waals surface area contributed by atoms with Crippen LogP contribution in [0.5, 0.6) is 0 Å². The van der Waals surface area contributed by atoms with Crippen molar-refractivity contribution in [1.29, 1.82) is 0 Å². The van der Waals surface area contributed by atoms with Crippen LogP contribution in [0.4, 0.5) is 0 Å². The zero-order chi connectivity index (χ0) is 11.4. The number of piperidine rings is 1. The molecule has 0 aromatic carbocycles. The maximum absolute atomic E-state index is 11.4. The van der Waals surface area contributed by atoms with E-state index in [1.807, 2.05) is 0 Å². The summed E-state index contributed by atoms with van der Waals surface area (Å²) >= 11 is 4.69. The Balaban J connectivity index is 2.33. The molecule has 1 amide bonds. The first kappa shape index (κ1) is 12.4. The molecule has 5 heteroatoms. The number of likely N-dealkylation sites (tertiary alicyclic amines) is 1. The van der Waals surface area contributed by atoms with E-state index in [0.29, 0.717) is 6.04 Å². The molecule has 1 saturated heterocycles. The topological polar surface area (TPSA) is 58.4 Å². The second-order valence-corrected chi connectivity index (χ2v) is 4.79. The summed E-state index contributed by atoms with van der Waals surface area (Å²) in [7, 11) is 2.11. The molecule has 15 heavy (non-hydrogen) atoms. The predicted octanol–water partition coefficient (Wildman–Crippen LogP) is 0.262. The SMILES string of the molecule is CC1CC(NC(=O)CC(N)=S)CCN1C. The number of thiocarbonyl (C=S) groups is 1. The van der Waals surface area contributed by atoms with Gasteiger partial charge in [0.2, 0.25) is 5.91 Å². The van der Waals surface area contributed by atoms with Gasteiger partial charge in [-0.3, -0.25) is 4.79 Å². The van der Waals surface area contributed by atoms with Gasteiger partial charge in [-0.1, -0.05) is 12.2 Å². The Morgan fingerprint density at radius 2 is 2.33 bits per heavy atom. The van der Waals surface area contributed by atoms with Gasteiger partial charge in [0, 0.05) is 18.6 Å². The van der Waals surface area contributed by atoms with Gasteiger partial charge in [0.05, 0.1) is 11.4 Å². The van der Waals surface area contributed by atoms with E-state index in [1.54, 1.807) is 0 Å². The molecule has 0 bridgehead atoms. The van der Waals surface area contributed by atoms with Crippen molar-refractivity contribution in [3.05, 3.63) is 0 Å². The molecular weight excluding hydrogens is 210 g/mol. The molecule has 0 aromatic heterocycles. The minimum absolute atomic E-state index is 0.0516. The highest BCUT2D eigenvalue weighted by Gasteiger charge is 2.23. The van der Waals surface area contributed by atoms with Crippen LogP contribution in [0.2, 0.25) is 0 Å². The summed E-state index contributed by atoms with van der Waals surface area (Å²) in [6.45, 7) is 3.20. The molecule has 2 atom stereocenters. The molecule has 0 saturated carbocycles. The van der Waals surface area contributed by atoms with E-state index in [0.717, 1.165) is 19.4 Å². The van der Waals surface area contributed by atoms with Crippen LogP contribution >= 0.6 is 12.2 Å². The van der Waals surface area contributed by atoms with Gasteiger partial charge in [-0.05, 0) is 26.8 Å². The lowest BCUT2D eigenvalue weighted by Gasteiger charge is -2.35. The monoisotopic (exact) mass is 229 g/mol. The maximum Gasteiger partial charge on any atom is 0.227 e. The molecule has 1 aliphatic rings. The lowest BCUT2D eigenvalue weighted by molar-refractivity contribution is -0.121. The minimum atomic E-state index is -0.0516. The number of nitrogens with zero attached hydrogens (tertiary/aromatic N) is 1. The summed E-state index contributed by atoms with van der Waals surface area (Å²) in [4.78, 5) is 14.0. The standard InChI is InChI=1S/C10H19N3OS/c1-7-5-8(3-4-13(7)2)12-10(14)6-9(11)15/h7-8H,3-6H2,1-2H3,(H2,11,15)(H,12,14). The van der Waals surface area contributed by atoms with E-state index in [9.17, 15) is 4.79 Å². The Bertz CT molecular complexity index is 257. The molecule has 0 aliphatic carbocycles. The van der Waals surface area contributed by atoms with E-state index in [4.69, 9.17) is 18.0 Å². The fourth-order valence-corrected chi connectivity index (χ4v) is 1.99. The van der Waals surface area contributed by atoms with Crippen LogP contribution in [-0.2, 0) is 4.79 Å². The molecule has 4 nitrogen and oxygen atoms in total. The van der Waals surface area contributed by atoms with E-state index in [-0.39, 0.29) is 23.4 Å². The average molecular weight is 229 g/mol. The maximum atomic E-state index is 11.4. The molecule has 1 heterocycles. The molecule has 1 fully saturated rings. The number of rotatable bonds is 3. The van der Waals surface area contributed by atoms with Gasteiger partial charge in [-0.25, -0.2) is 0 Å². The summed E-state index contributed by atoms with van der Waals surface area (Å²) in [5.74, 6) is -0.0516. The molecule has 86 valence electrons. The first-order valence-electron chi connectivity index (χ1n) is 5.27. The van der Waals surface area contributed by atoms with Gasteiger partial charge < -0.3 is 16.0 Å². The van der Waals surface area contributed by atoms with Crippen molar-refractivity contribution in [3.8, 4) is 0 Å². The van der Waals surface area contributed by atoms with Crippen molar-refractivity contribution in [2.45, 2.75) is 38.3 Å². The van der Waals surface area contributed by atoms with Crippen molar-refractivity contribution in [2.24, 2.45) is 5.73 Å². The van der Waals surface area contributed by atoms with Crippen molar-refractivity contribution in [3.63, 3.8) is 0 Å². The molecule has 1 aliphatic heterocycles. The molecule has 0 aromatic rings. The second-order valence-electron chi connectivity index (χ2n) is 4.26. The lowest BCUT2D eigenvalue weighted by Crippen LogP contribution is -2.47. The van der Waals surface area contributed by atoms with Crippen molar-refractivity contribution < 1.29 is 4.79 Å². The quantitative estimate of drug-likeness (QED) is 0.682. The van der Waals surface area contributed by atoms with Gasteiger partial charge in [0.1, 0.15) is 0 Å². The van der Waals surface area contributed by atoms with Gasteiger partial charge >= 0.3 is 0 Å². The summed E-state index contributed by atoms with van der Waals surface area (Å²) < 4.78 is 0. The van der Waals surface area contributed by atoms with Gasteiger partial charge in [-0.15, -0.1) is 0 Å². The van der Waals surface area contributed by atoms with E-state index in [2.05, 4.69) is 24.2 Å². The van der Waals surface area contributed by atoms with E-state index in [1.165, 1.54) is 0 Å². The van der Waals surface area contributed by atoms with Gasteiger partial charge in [0.15, 0.2) is 0 Å². The van der Waals surface area contributed by atoms with E-state index < -0.39 is 0 Å². The molecular formula is C10H19N3OS. The molecule has 2 unspecified atom stereocenters. The third kappa shape index (κ3) is 4.13. The highest BCUT2D eigenvalue weighted by Crippen LogP contribution is 2.15. The smallest absolute Gasteiger partial charge is 0.227 e. The minimum Gasteiger partial charge on any atom is -0.393 e. The molecule has 0 radical (unpaired) electrons. The highest BCUT2D eigenvalue weighted by molar-refractivity contribution is 7.80. The number of hydrogen-bond acceptors (Lipinski definition) is 3. The van der Waals surface area contributed by atoms with Crippen LogP contribution in [0.15, 0.2) is 0 Å². The van der Waals surface area contributed by atoms with Crippen LogP contribution in [0.3, 0.4) is 0 Å². The van der Waals surface area contributed by atoms with Crippen LogP contribution in [0.25, 0.3) is 0 Å². The van der Waals surface area contributed by atoms with Crippen molar-refractivity contribution >= 4 is 23.1 Å². The zero-order valence-corrected chi connectivity index (χ0v) is 10.1. The third-order valence-corrected chi connectivity index (χ3v) is 3.05. The van der Waals surface area contributed by atoms with Crippen LogP contribution in [-0.4, -0.2) is 41.5 Å². The average Bonchev–Trinajstić information content (AvgIpc) is 2.10. The van der Waals surface area contributed by atoms with Crippen molar-refractivity contribution in [2.75, 3.05) is 13.6 Å². The van der Waals surface area contributed by atoms with E-state index >= 15 is 0 Å². The summed E-state index contributed by atoms with van der Waals surface area (Å²) in [5.41, 5.74) is 5.31. The fourth-order valence-electron chi connectivity index (χ4n) is 1.86. The molecule has 0 spiro atoms. The van der Waals surface area contributed by atoms with Crippen LogP contribution < -0.4 is 11.1 Å². The Morgan fingerprint density at radius 3 is 2.87 bits per heavy atom. The largest absolute Gasteiger partial charge is 0.393 e. The highest BCUT2D eigenvalue weighted by atomic mass is 32.1. The molecule has 3 N–H and O–H groups in total. The Labute approximate surface area is 96.2 Å². The number of amides is 1. The third-order valence-electron chi connectivity index (χ3n) is 2.91. The normalized spacial score (nSPS) is 27.3. The Kier molecular flexibility index (Phi) is 4.47. The van der Waals surface area contributed by atoms with Crippen molar-refractivity contribution in [1.82, 2.24) is 10.2 Å². The number of nitrogens with two attached hydrogens (primary N) is 1. The first-order chi connectivity index (χ1) is 6.99. The van der Waals surface area contributed by atoms with Crippen LogP contribution in [0.1, 0.15) is 26.2 Å². The predicted molar refractivity (Wildman–Crippen MR) is 64.7 cm³/mol. The van der Waals surface area contributed by atoms with Crippen LogP contribution in [0, 0.1) is 0 Å². The zero-order valence-electron chi connectivity index (χ0n) is 9.32. The number of carbonyl (C=O) groups excluding carboxylic acids is 1. The Hall–Kier alpha value is -0.680. The summed E-state index contributed by atoms with van der Waals surface area (Å²) in [6, 6.07) is 0.798. The number of nitrogens with one attached hydrogen (secondary N) is 1. The number of hydrogen-bond donors (Lipinski definition) is 2. The first-order valence-corrected chi connectivity index (χ1v) is 5.67. The second kappa shape index (κ2) is 5.42. The lowest BCUT2D eigenvalue weighted by atomic mass is 9.99. The fraction of sp³-hybridized carbons (Fsp3) is 0.800. The number of carbonyl (C=O) groups is 1. The van der Waals surface area contributed by atoms with Gasteiger partial charge in [-0.2, -0.15) is 0 Å². The molecule has 1 rings (SSSR count). The summed E-state index contributed by atoms with van der Waals surface area (Å²) in [6.07, 6.45) is 2.17.